The standard InChI is InChI=1S/C15H20N2O2S/c1-3-20-10-9-17-13(12-7-5-4-6-8-12)14(18)16-11(2)15(17)19/h4-8,11,13H,3,9-10H2,1-2H3,(H,16,18). The molecule has 0 bridgehead atoms. The van der Waals surface area contributed by atoms with Crippen LogP contribution in [0.25, 0.3) is 0 Å². The lowest BCUT2D eigenvalue weighted by Gasteiger charge is -2.38. The van der Waals surface area contributed by atoms with E-state index in [2.05, 4.69) is 12.2 Å². The first kappa shape index (κ1) is 14.9. The summed E-state index contributed by atoms with van der Waals surface area (Å²) in [6.07, 6.45) is 0. The Morgan fingerprint density at radius 2 is 1.95 bits per heavy atom. The number of hydrogen-bond donors (Lipinski definition) is 1. The second-order valence-electron chi connectivity index (χ2n) is 4.77. The molecule has 1 fully saturated rings. The predicted molar refractivity (Wildman–Crippen MR) is 81.5 cm³/mol. The maximum Gasteiger partial charge on any atom is 0.248 e. The van der Waals surface area contributed by atoms with Crippen molar-refractivity contribution < 1.29 is 9.59 Å². The zero-order valence-corrected chi connectivity index (χ0v) is 12.7. The third kappa shape index (κ3) is 3.15. The van der Waals surface area contributed by atoms with Gasteiger partial charge in [-0.1, -0.05) is 37.3 Å². The first-order valence-electron chi connectivity index (χ1n) is 6.88. The summed E-state index contributed by atoms with van der Waals surface area (Å²) in [5.41, 5.74) is 0.867. The lowest BCUT2D eigenvalue weighted by molar-refractivity contribution is -0.148. The largest absolute Gasteiger partial charge is 0.342 e. The number of nitrogens with one attached hydrogen (secondary N) is 1. The number of hydrogen-bond acceptors (Lipinski definition) is 3. The fourth-order valence-electron chi connectivity index (χ4n) is 2.38. The number of amides is 2. The van der Waals surface area contributed by atoms with Crippen molar-refractivity contribution >= 4 is 23.6 Å². The van der Waals surface area contributed by atoms with Crippen LogP contribution in [0.2, 0.25) is 0 Å². The fraction of sp³-hybridized carbons (Fsp3) is 0.467. The van der Waals surface area contributed by atoms with E-state index in [1.165, 1.54) is 0 Å². The molecule has 4 nitrogen and oxygen atoms in total. The van der Waals surface area contributed by atoms with Crippen molar-refractivity contribution in [3.8, 4) is 0 Å². The van der Waals surface area contributed by atoms with Crippen molar-refractivity contribution in [3.05, 3.63) is 35.9 Å². The summed E-state index contributed by atoms with van der Waals surface area (Å²) in [6.45, 7) is 4.43. The monoisotopic (exact) mass is 292 g/mol. The molecule has 1 N–H and O–H groups in total. The van der Waals surface area contributed by atoms with Crippen LogP contribution in [0.4, 0.5) is 0 Å². The average molecular weight is 292 g/mol. The van der Waals surface area contributed by atoms with E-state index in [-0.39, 0.29) is 11.8 Å². The van der Waals surface area contributed by atoms with E-state index in [0.717, 1.165) is 17.1 Å². The lowest BCUT2D eigenvalue weighted by Crippen LogP contribution is -2.58. The Morgan fingerprint density at radius 1 is 1.25 bits per heavy atom. The molecule has 2 rings (SSSR count). The van der Waals surface area contributed by atoms with Gasteiger partial charge < -0.3 is 10.2 Å². The highest BCUT2D eigenvalue weighted by Crippen LogP contribution is 2.25. The van der Waals surface area contributed by atoms with Gasteiger partial charge in [-0.15, -0.1) is 0 Å². The van der Waals surface area contributed by atoms with Gasteiger partial charge in [0.2, 0.25) is 11.8 Å². The van der Waals surface area contributed by atoms with Crippen LogP contribution >= 0.6 is 11.8 Å². The predicted octanol–water partition coefficient (Wildman–Crippen LogP) is 1.83. The molecule has 2 unspecified atom stereocenters. The highest BCUT2D eigenvalue weighted by Gasteiger charge is 2.38. The van der Waals surface area contributed by atoms with Crippen LogP contribution in [0.15, 0.2) is 30.3 Å². The van der Waals surface area contributed by atoms with Crippen molar-refractivity contribution in [1.29, 1.82) is 0 Å². The second-order valence-corrected chi connectivity index (χ2v) is 6.17. The minimum atomic E-state index is -0.502. The van der Waals surface area contributed by atoms with Crippen molar-refractivity contribution in [1.82, 2.24) is 10.2 Å². The summed E-state index contributed by atoms with van der Waals surface area (Å²) in [5.74, 6) is 1.77. The topological polar surface area (TPSA) is 49.4 Å². The first-order chi connectivity index (χ1) is 9.65. The average Bonchev–Trinajstić information content (AvgIpc) is 2.45. The maximum absolute atomic E-state index is 12.4. The molecular weight excluding hydrogens is 272 g/mol. The summed E-state index contributed by atoms with van der Waals surface area (Å²) < 4.78 is 0. The van der Waals surface area contributed by atoms with Crippen LogP contribution < -0.4 is 5.32 Å². The second kappa shape index (κ2) is 6.79. The Labute approximate surface area is 123 Å². The molecule has 0 spiro atoms. The number of carbonyl (C=O) groups excluding carboxylic acids is 2. The summed E-state index contributed by atoms with van der Waals surface area (Å²) in [7, 11) is 0. The number of thioether (sulfide) groups is 1. The van der Waals surface area contributed by atoms with Gasteiger partial charge >= 0.3 is 0 Å². The Balaban J connectivity index is 2.24. The van der Waals surface area contributed by atoms with Gasteiger partial charge in [0, 0.05) is 12.3 Å². The molecule has 108 valence electrons. The maximum atomic E-state index is 12.4. The van der Waals surface area contributed by atoms with Crippen LogP contribution in [0.3, 0.4) is 0 Å². The number of rotatable bonds is 5. The summed E-state index contributed by atoms with van der Waals surface area (Å²) >= 11 is 1.78. The van der Waals surface area contributed by atoms with Crippen molar-refractivity contribution in [2.75, 3.05) is 18.1 Å². The number of benzene rings is 1. The molecule has 1 aromatic carbocycles. The molecule has 1 saturated heterocycles. The van der Waals surface area contributed by atoms with E-state index in [4.69, 9.17) is 0 Å². The van der Waals surface area contributed by atoms with Gasteiger partial charge in [0.05, 0.1) is 0 Å². The van der Waals surface area contributed by atoms with Crippen LogP contribution in [-0.4, -0.2) is 40.8 Å². The molecule has 2 atom stereocenters. The van der Waals surface area contributed by atoms with Crippen molar-refractivity contribution in [2.24, 2.45) is 0 Å². The summed E-state index contributed by atoms with van der Waals surface area (Å²) in [4.78, 5) is 26.3. The molecule has 1 aromatic rings. The molecule has 0 aliphatic carbocycles. The van der Waals surface area contributed by atoms with Crippen LogP contribution in [0.5, 0.6) is 0 Å². The Bertz CT molecular complexity index is 478. The van der Waals surface area contributed by atoms with Gasteiger partial charge in [0.25, 0.3) is 0 Å². The van der Waals surface area contributed by atoms with Crippen LogP contribution in [-0.2, 0) is 9.59 Å². The first-order valence-corrected chi connectivity index (χ1v) is 8.04. The molecule has 2 amide bonds. The molecular formula is C15H20N2O2S. The fourth-order valence-corrected chi connectivity index (χ4v) is 3.00. The molecule has 20 heavy (non-hydrogen) atoms. The quantitative estimate of drug-likeness (QED) is 0.842. The zero-order valence-electron chi connectivity index (χ0n) is 11.8. The van der Waals surface area contributed by atoms with Crippen LogP contribution in [0.1, 0.15) is 25.5 Å². The molecule has 5 heteroatoms. The Hall–Kier alpha value is -1.49. The number of nitrogens with zero attached hydrogens (tertiary/aromatic N) is 1. The number of carbonyl (C=O) groups is 2. The smallest absolute Gasteiger partial charge is 0.248 e. The van der Waals surface area contributed by atoms with Gasteiger partial charge in [-0.3, -0.25) is 9.59 Å². The van der Waals surface area contributed by atoms with Gasteiger partial charge in [0.1, 0.15) is 12.1 Å². The summed E-state index contributed by atoms with van der Waals surface area (Å²) in [6, 6.07) is 8.55. The molecule has 1 heterocycles. The highest BCUT2D eigenvalue weighted by atomic mass is 32.2. The van der Waals surface area contributed by atoms with Crippen molar-refractivity contribution in [3.63, 3.8) is 0 Å². The van der Waals surface area contributed by atoms with Gasteiger partial charge in [-0.25, -0.2) is 0 Å². The molecule has 1 aliphatic heterocycles. The lowest BCUT2D eigenvalue weighted by atomic mass is 10.0. The van der Waals surface area contributed by atoms with Crippen molar-refractivity contribution in [2.45, 2.75) is 25.9 Å². The zero-order chi connectivity index (χ0) is 14.5. The Kier molecular flexibility index (Phi) is 5.06. The summed E-state index contributed by atoms with van der Waals surface area (Å²) in [5, 5.41) is 2.76. The van der Waals surface area contributed by atoms with E-state index in [0.29, 0.717) is 6.54 Å². The van der Waals surface area contributed by atoms with Gasteiger partial charge in [-0.05, 0) is 18.2 Å². The molecule has 0 aromatic heterocycles. The minimum Gasteiger partial charge on any atom is -0.342 e. The molecule has 0 radical (unpaired) electrons. The normalized spacial score (nSPS) is 22.8. The molecule has 0 saturated carbocycles. The van der Waals surface area contributed by atoms with Crippen LogP contribution in [0, 0.1) is 0 Å². The van der Waals surface area contributed by atoms with E-state index < -0.39 is 12.1 Å². The third-order valence-electron chi connectivity index (χ3n) is 3.37. The van der Waals surface area contributed by atoms with E-state index in [1.807, 2.05) is 30.3 Å². The van der Waals surface area contributed by atoms with Gasteiger partial charge in [0.15, 0.2) is 0 Å². The molecule has 1 aliphatic rings. The van der Waals surface area contributed by atoms with Gasteiger partial charge in [-0.2, -0.15) is 11.8 Å². The minimum absolute atomic E-state index is 0.00449. The Morgan fingerprint density at radius 3 is 2.60 bits per heavy atom. The highest BCUT2D eigenvalue weighted by molar-refractivity contribution is 7.99. The van der Waals surface area contributed by atoms with E-state index in [1.54, 1.807) is 23.6 Å². The number of piperazine rings is 1. The SMILES string of the molecule is CCSCCN1C(=O)C(C)NC(=O)C1c1ccccc1. The van der Waals surface area contributed by atoms with E-state index in [9.17, 15) is 9.59 Å². The third-order valence-corrected chi connectivity index (χ3v) is 4.25. The van der Waals surface area contributed by atoms with E-state index >= 15 is 0 Å².